The van der Waals surface area contributed by atoms with E-state index in [9.17, 15) is 0 Å². The zero-order valence-corrected chi connectivity index (χ0v) is 19.4. The maximum Gasteiger partial charge on any atom is 0.227 e. The number of ether oxygens (including phenoxy) is 1. The zero-order chi connectivity index (χ0) is 22.8. The second-order valence-electron chi connectivity index (χ2n) is 8.01. The lowest BCUT2D eigenvalue weighted by Gasteiger charge is -2.36. The van der Waals surface area contributed by atoms with Crippen LogP contribution in [-0.2, 0) is 0 Å². The lowest BCUT2D eigenvalue weighted by atomic mass is 10.1. The lowest BCUT2D eigenvalue weighted by Crippen LogP contribution is -2.47. The first-order chi connectivity index (χ1) is 16.1. The molecule has 7 nitrogen and oxygen atoms in total. The van der Waals surface area contributed by atoms with E-state index in [-0.39, 0.29) is 0 Å². The van der Waals surface area contributed by atoms with Crippen molar-refractivity contribution in [2.75, 3.05) is 48.4 Å². The Labute approximate surface area is 198 Å². The van der Waals surface area contributed by atoms with E-state index in [2.05, 4.69) is 26.2 Å². The van der Waals surface area contributed by atoms with Gasteiger partial charge in [-0.25, -0.2) is 4.98 Å². The number of methoxy groups -OCH3 is 1. The van der Waals surface area contributed by atoms with Crippen molar-refractivity contribution in [2.45, 2.75) is 6.92 Å². The van der Waals surface area contributed by atoms with Crippen molar-refractivity contribution in [3.05, 3.63) is 71.5 Å². The molecule has 3 heterocycles. The van der Waals surface area contributed by atoms with E-state index in [0.717, 1.165) is 66.0 Å². The van der Waals surface area contributed by atoms with E-state index in [1.807, 2.05) is 61.7 Å². The summed E-state index contributed by atoms with van der Waals surface area (Å²) in [7, 11) is 1.66. The van der Waals surface area contributed by atoms with Crippen molar-refractivity contribution in [1.82, 2.24) is 15.0 Å². The Balaban J connectivity index is 1.31. The Bertz CT molecular complexity index is 1270. The molecule has 1 aliphatic heterocycles. The molecule has 0 atom stereocenters. The molecule has 1 N–H and O–H groups in total. The minimum atomic E-state index is 0.701. The van der Waals surface area contributed by atoms with E-state index >= 15 is 0 Å². The first kappa shape index (κ1) is 21.3. The van der Waals surface area contributed by atoms with Gasteiger partial charge in [0.15, 0.2) is 0 Å². The fourth-order valence-electron chi connectivity index (χ4n) is 4.11. The Kier molecular flexibility index (Phi) is 5.88. The molecule has 0 radical (unpaired) electrons. The highest BCUT2D eigenvalue weighted by molar-refractivity contribution is 6.31. The molecule has 1 aliphatic rings. The Morgan fingerprint density at radius 1 is 0.909 bits per heavy atom. The maximum absolute atomic E-state index is 6.15. The summed E-state index contributed by atoms with van der Waals surface area (Å²) in [5, 5.41) is 5.19. The van der Waals surface area contributed by atoms with Gasteiger partial charge in [0.25, 0.3) is 0 Å². The molecule has 4 aromatic rings. The second kappa shape index (κ2) is 9.11. The first-order valence-electron chi connectivity index (χ1n) is 10.9. The number of nitrogens with one attached hydrogen (secondary N) is 1. The number of nitrogens with zero attached hydrogens (tertiary/aromatic N) is 5. The summed E-state index contributed by atoms with van der Waals surface area (Å²) in [4.78, 5) is 18.6. The highest BCUT2D eigenvalue weighted by Crippen LogP contribution is 2.29. The number of aromatic nitrogens is 3. The van der Waals surface area contributed by atoms with Gasteiger partial charge in [-0.3, -0.25) is 4.98 Å². The van der Waals surface area contributed by atoms with Gasteiger partial charge in [0, 0.05) is 65.9 Å². The number of pyridine rings is 1. The summed E-state index contributed by atoms with van der Waals surface area (Å²) in [6.45, 7) is 5.42. The van der Waals surface area contributed by atoms with E-state index in [1.54, 1.807) is 7.11 Å². The summed E-state index contributed by atoms with van der Waals surface area (Å²) in [5.74, 6) is 2.35. The molecular formula is C25H25ClN6O. The van der Waals surface area contributed by atoms with Crippen molar-refractivity contribution in [3.63, 3.8) is 0 Å². The Hall–Kier alpha value is -3.58. The van der Waals surface area contributed by atoms with Crippen LogP contribution in [0.4, 0.5) is 23.1 Å². The van der Waals surface area contributed by atoms with Crippen LogP contribution in [0.25, 0.3) is 10.9 Å². The van der Waals surface area contributed by atoms with Crippen molar-refractivity contribution in [1.29, 1.82) is 0 Å². The van der Waals surface area contributed by atoms with Crippen LogP contribution in [0.1, 0.15) is 5.69 Å². The van der Waals surface area contributed by atoms with Crippen LogP contribution in [0.15, 0.2) is 60.8 Å². The molecule has 0 unspecified atom stereocenters. The van der Waals surface area contributed by atoms with Gasteiger partial charge >= 0.3 is 0 Å². The number of anilines is 4. The zero-order valence-electron chi connectivity index (χ0n) is 18.6. The Morgan fingerprint density at radius 2 is 1.67 bits per heavy atom. The molecule has 0 saturated carbocycles. The van der Waals surface area contributed by atoms with Gasteiger partial charge < -0.3 is 19.9 Å². The van der Waals surface area contributed by atoms with Gasteiger partial charge in [-0.2, -0.15) is 4.98 Å². The molecular weight excluding hydrogens is 436 g/mol. The van der Waals surface area contributed by atoms with Gasteiger partial charge in [-0.15, -0.1) is 0 Å². The van der Waals surface area contributed by atoms with E-state index < -0.39 is 0 Å². The van der Waals surface area contributed by atoms with Crippen LogP contribution in [-0.4, -0.2) is 48.2 Å². The van der Waals surface area contributed by atoms with Crippen LogP contribution in [0, 0.1) is 6.92 Å². The molecule has 0 bridgehead atoms. The molecule has 2 aromatic heterocycles. The first-order valence-corrected chi connectivity index (χ1v) is 11.3. The minimum absolute atomic E-state index is 0.701. The monoisotopic (exact) mass is 460 g/mol. The van der Waals surface area contributed by atoms with Gasteiger partial charge in [0.1, 0.15) is 11.6 Å². The van der Waals surface area contributed by atoms with Crippen molar-refractivity contribution in [3.8, 4) is 5.75 Å². The molecule has 5 rings (SSSR count). The topological polar surface area (TPSA) is 66.4 Å². The van der Waals surface area contributed by atoms with Gasteiger partial charge in [-0.05, 0) is 55.5 Å². The summed E-state index contributed by atoms with van der Waals surface area (Å²) in [6.07, 6.45) is 1.85. The molecule has 0 aliphatic carbocycles. The average Bonchev–Trinajstić information content (AvgIpc) is 2.84. The summed E-state index contributed by atoms with van der Waals surface area (Å²) in [5.41, 5.74) is 3.98. The number of rotatable bonds is 5. The minimum Gasteiger partial charge on any atom is -0.497 e. The predicted octanol–water partition coefficient (Wildman–Crippen LogP) is 5.07. The molecule has 0 amide bonds. The fraction of sp³-hybridized carbons (Fsp3) is 0.240. The van der Waals surface area contributed by atoms with Gasteiger partial charge in [-0.1, -0.05) is 11.6 Å². The number of hydrogen-bond acceptors (Lipinski definition) is 7. The van der Waals surface area contributed by atoms with Crippen LogP contribution in [0.5, 0.6) is 5.75 Å². The third-order valence-corrected chi connectivity index (χ3v) is 6.02. The van der Waals surface area contributed by atoms with Gasteiger partial charge in [0.2, 0.25) is 5.95 Å². The predicted molar refractivity (Wildman–Crippen MR) is 134 cm³/mol. The van der Waals surface area contributed by atoms with Crippen molar-refractivity contribution >= 4 is 45.6 Å². The molecule has 33 heavy (non-hydrogen) atoms. The second-order valence-corrected chi connectivity index (χ2v) is 8.45. The number of benzene rings is 2. The summed E-state index contributed by atoms with van der Waals surface area (Å²) < 4.78 is 5.23. The smallest absolute Gasteiger partial charge is 0.227 e. The fourth-order valence-corrected chi connectivity index (χ4v) is 4.28. The molecule has 168 valence electrons. The molecule has 1 saturated heterocycles. The normalized spacial score (nSPS) is 13.9. The summed E-state index contributed by atoms with van der Waals surface area (Å²) >= 11 is 6.15. The third kappa shape index (κ3) is 4.64. The number of aryl methyl sites for hydroxylation is 1. The average molecular weight is 461 g/mol. The third-order valence-electron chi connectivity index (χ3n) is 5.79. The van der Waals surface area contributed by atoms with Gasteiger partial charge in [0.05, 0.1) is 12.6 Å². The summed E-state index contributed by atoms with van der Waals surface area (Å²) in [6, 6.07) is 17.7. The number of halogens is 1. The quantitative estimate of drug-likeness (QED) is 0.446. The number of hydrogen-bond donors (Lipinski definition) is 1. The highest BCUT2D eigenvalue weighted by Gasteiger charge is 2.21. The number of fused-ring (bicyclic) bond motifs is 1. The largest absolute Gasteiger partial charge is 0.497 e. The van der Waals surface area contributed by atoms with Crippen molar-refractivity contribution < 1.29 is 4.74 Å². The molecule has 2 aromatic carbocycles. The van der Waals surface area contributed by atoms with Crippen LogP contribution < -0.4 is 19.9 Å². The molecule has 1 fully saturated rings. The SMILES string of the molecule is COc1ccc(Nc2cc(C)nc(N3CCN(c4ccnc5cc(Cl)ccc45)CC3)n2)cc1. The van der Waals surface area contributed by atoms with Crippen LogP contribution in [0.2, 0.25) is 5.02 Å². The van der Waals surface area contributed by atoms with Crippen molar-refractivity contribution in [2.24, 2.45) is 0 Å². The highest BCUT2D eigenvalue weighted by atomic mass is 35.5. The van der Waals surface area contributed by atoms with E-state index in [1.165, 1.54) is 5.69 Å². The van der Waals surface area contributed by atoms with Crippen LogP contribution in [0.3, 0.4) is 0 Å². The van der Waals surface area contributed by atoms with E-state index in [4.69, 9.17) is 26.3 Å². The lowest BCUT2D eigenvalue weighted by molar-refractivity contribution is 0.415. The maximum atomic E-state index is 6.15. The standard InChI is InChI=1S/C25H25ClN6O/c1-17-15-24(29-19-4-6-20(33-2)7-5-19)30-25(28-17)32-13-11-31(12-14-32)23-9-10-27-22-16-18(26)3-8-21(22)23/h3-10,15-16H,11-14H2,1-2H3,(H,28,29,30). The van der Waals surface area contributed by atoms with E-state index in [0.29, 0.717) is 5.02 Å². The number of piperazine rings is 1. The van der Waals surface area contributed by atoms with Crippen LogP contribution >= 0.6 is 11.6 Å². The molecule has 8 heteroatoms. The Morgan fingerprint density at radius 3 is 2.42 bits per heavy atom. The molecule has 0 spiro atoms.